The summed E-state index contributed by atoms with van der Waals surface area (Å²) in [4.78, 5) is 17.1. The second-order valence-corrected chi connectivity index (χ2v) is 5.54. The Balaban J connectivity index is 1.86. The van der Waals surface area contributed by atoms with E-state index in [0.29, 0.717) is 18.0 Å². The maximum atomic E-state index is 12.7. The summed E-state index contributed by atoms with van der Waals surface area (Å²) in [6.07, 6.45) is 0.957. The number of thiazole rings is 1. The summed E-state index contributed by atoms with van der Waals surface area (Å²) in [6, 6.07) is 6.20. The molecule has 2 aromatic rings. The van der Waals surface area contributed by atoms with Gasteiger partial charge in [-0.3, -0.25) is 4.79 Å². The smallest absolute Gasteiger partial charge is 0.226 e. The summed E-state index contributed by atoms with van der Waals surface area (Å²) < 4.78 is 12.7. The van der Waals surface area contributed by atoms with Gasteiger partial charge in [-0.25, -0.2) is 9.37 Å². The number of hydrogen-bond acceptors (Lipinski definition) is 3. The molecular formula is C14H15FN2OS. The van der Waals surface area contributed by atoms with Gasteiger partial charge in [0.1, 0.15) is 5.82 Å². The van der Waals surface area contributed by atoms with Gasteiger partial charge in [0.2, 0.25) is 5.91 Å². The Morgan fingerprint density at radius 1 is 1.32 bits per heavy atom. The fourth-order valence-corrected chi connectivity index (χ4v) is 2.45. The maximum Gasteiger partial charge on any atom is 0.226 e. The molecule has 1 amide bonds. The van der Waals surface area contributed by atoms with Gasteiger partial charge in [-0.1, -0.05) is 12.1 Å². The van der Waals surface area contributed by atoms with Crippen molar-refractivity contribution in [2.45, 2.75) is 26.7 Å². The molecular weight excluding hydrogens is 263 g/mol. The molecule has 0 aliphatic heterocycles. The van der Waals surface area contributed by atoms with Crippen molar-refractivity contribution >= 4 is 22.4 Å². The van der Waals surface area contributed by atoms with Crippen molar-refractivity contribution in [3.05, 3.63) is 46.2 Å². The van der Waals surface area contributed by atoms with Crippen molar-refractivity contribution < 1.29 is 9.18 Å². The first kappa shape index (κ1) is 13.7. The molecule has 3 nitrogen and oxygen atoms in total. The lowest BCUT2D eigenvalue weighted by Crippen LogP contribution is -2.12. The van der Waals surface area contributed by atoms with Gasteiger partial charge in [0.05, 0.1) is 5.69 Å². The predicted octanol–water partition coefficient (Wildman–Crippen LogP) is 3.47. The molecule has 1 heterocycles. The SMILES string of the molecule is Cc1nc(NC(=O)CCc2ccc(F)cc2)sc1C. The number of halogens is 1. The van der Waals surface area contributed by atoms with E-state index in [-0.39, 0.29) is 11.7 Å². The van der Waals surface area contributed by atoms with Crippen LogP contribution in [-0.2, 0) is 11.2 Å². The van der Waals surface area contributed by atoms with E-state index in [2.05, 4.69) is 10.3 Å². The van der Waals surface area contributed by atoms with Gasteiger partial charge >= 0.3 is 0 Å². The lowest BCUT2D eigenvalue weighted by molar-refractivity contribution is -0.116. The minimum Gasteiger partial charge on any atom is -0.302 e. The zero-order valence-corrected chi connectivity index (χ0v) is 11.7. The van der Waals surface area contributed by atoms with E-state index < -0.39 is 0 Å². The molecule has 1 aromatic carbocycles. The summed E-state index contributed by atoms with van der Waals surface area (Å²) >= 11 is 1.47. The molecule has 0 radical (unpaired) electrons. The molecule has 0 bridgehead atoms. The van der Waals surface area contributed by atoms with Crippen LogP contribution in [0, 0.1) is 19.7 Å². The number of nitrogens with one attached hydrogen (secondary N) is 1. The Hall–Kier alpha value is -1.75. The Kier molecular flexibility index (Phi) is 4.27. The highest BCUT2D eigenvalue weighted by molar-refractivity contribution is 7.15. The van der Waals surface area contributed by atoms with Crippen LogP contribution in [0.25, 0.3) is 0 Å². The lowest BCUT2D eigenvalue weighted by atomic mass is 10.1. The number of carbonyl (C=O) groups excluding carboxylic acids is 1. The van der Waals surface area contributed by atoms with Crippen LogP contribution in [0.15, 0.2) is 24.3 Å². The fourth-order valence-electron chi connectivity index (χ4n) is 1.62. The molecule has 0 unspecified atom stereocenters. The highest BCUT2D eigenvalue weighted by atomic mass is 32.1. The Bertz CT molecular complexity index is 558. The second-order valence-electron chi connectivity index (χ2n) is 4.34. The van der Waals surface area contributed by atoms with Crippen LogP contribution in [0.4, 0.5) is 9.52 Å². The molecule has 5 heteroatoms. The van der Waals surface area contributed by atoms with Crippen LogP contribution in [-0.4, -0.2) is 10.9 Å². The standard InChI is InChI=1S/C14H15FN2OS/c1-9-10(2)19-14(16-9)17-13(18)8-5-11-3-6-12(15)7-4-11/h3-4,6-7H,5,8H2,1-2H3,(H,16,17,18). The number of rotatable bonds is 4. The van der Waals surface area contributed by atoms with Gasteiger partial charge in [-0.2, -0.15) is 0 Å². The third-order valence-corrected chi connectivity index (χ3v) is 3.82. The molecule has 100 valence electrons. The summed E-state index contributed by atoms with van der Waals surface area (Å²) in [6.45, 7) is 3.89. The number of nitrogens with zero attached hydrogens (tertiary/aromatic N) is 1. The summed E-state index contributed by atoms with van der Waals surface area (Å²) in [7, 11) is 0. The van der Waals surface area contributed by atoms with Gasteiger partial charge < -0.3 is 5.32 Å². The van der Waals surface area contributed by atoms with E-state index in [1.807, 2.05) is 13.8 Å². The van der Waals surface area contributed by atoms with E-state index >= 15 is 0 Å². The second kappa shape index (κ2) is 5.93. The minimum absolute atomic E-state index is 0.0712. The highest BCUT2D eigenvalue weighted by Crippen LogP contribution is 2.21. The molecule has 2 rings (SSSR count). The zero-order valence-electron chi connectivity index (χ0n) is 10.9. The van der Waals surface area contributed by atoms with Crippen molar-refractivity contribution in [1.82, 2.24) is 4.98 Å². The van der Waals surface area contributed by atoms with Gasteiger partial charge in [-0.05, 0) is 38.0 Å². The zero-order chi connectivity index (χ0) is 13.8. The highest BCUT2D eigenvalue weighted by Gasteiger charge is 2.08. The third-order valence-electron chi connectivity index (χ3n) is 2.83. The first-order chi connectivity index (χ1) is 9.04. The molecule has 0 fully saturated rings. The molecule has 0 aliphatic carbocycles. The van der Waals surface area contributed by atoms with Crippen molar-refractivity contribution in [3.63, 3.8) is 0 Å². The number of hydrogen-bond donors (Lipinski definition) is 1. The summed E-state index contributed by atoms with van der Waals surface area (Å²) in [5.74, 6) is -0.333. The first-order valence-corrected chi connectivity index (χ1v) is 6.84. The number of aryl methyl sites for hydroxylation is 3. The van der Waals surface area contributed by atoms with Crippen LogP contribution in [0.1, 0.15) is 22.6 Å². The molecule has 1 aromatic heterocycles. The number of aromatic nitrogens is 1. The van der Waals surface area contributed by atoms with Crippen LogP contribution in [0.2, 0.25) is 0 Å². The van der Waals surface area contributed by atoms with Gasteiger partial charge in [0, 0.05) is 11.3 Å². The average molecular weight is 278 g/mol. The fraction of sp³-hybridized carbons (Fsp3) is 0.286. The van der Waals surface area contributed by atoms with Crippen molar-refractivity contribution in [1.29, 1.82) is 0 Å². The molecule has 0 aliphatic rings. The molecule has 19 heavy (non-hydrogen) atoms. The molecule has 0 saturated heterocycles. The maximum absolute atomic E-state index is 12.7. The molecule has 0 saturated carbocycles. The van der Waals surface area contributed by atoms with Crippen LogP contribution in [0.5, 0.6) is 0 Å². The van der Waals surface area contributed by atoms with Crippen molar-refractivity contribution in [2.24, 2.45) is 0 Å². The average Bonchev–Trinajstić information content (AvgIpc) is 2.67. The Morgan fingerprint density at radius 3 is 2.58 bits per heavy atom. The predicted molar refractivity (Wildman–Crippen MR) is 74.9 cm³/mol. The monoisotopic (exact) mass is 278 g/mol. The van der Waals surface area contributed by atoms with Crippen LogP contribution >= 0.6 is 11.3 Å². The Morgan fingerprint density at radius 2 is 2.00 bits per heavy atom. The number of anilines is 1. The topological polar surface area (TPSA) is 42.0 Å². The quantitative estimate of drug-likeness (QED) is 0.930. The first-order valence-electron chi connectivity index (χ1n) is 6.03. The van der Waals surface area contributed by atoms with Gasteiger partial charge in [0.25, 0.3) is 0 Å². The third kappa shape index (κ3) is 3.86. The number of amides is 1. The van der Waals surface area contributed by atoms with E-state index in [0.717, 1.165) is 16.1 Å². The van der Waals surface area contributed by atoms with E-state index in [9.17, 15) is 9.18 Å². The molecule has 0 atom stereocenters. The molecule has 0 spiro atoms. The lowest BCUT2D eigenvalue weighted by Gasteiger charge is -2.02. The number of carbonyl (C=O) groups is 1. The normalized spacial score (nSPS) is 10.5. The van der Waals surface area contributed by atoms with Crippen LogP contribution < -0.4 is 5.32 Å². The van der Waals surface area contributed by atoms with E-state index in [1.54, 1.807) is 12.1 Å². The summed E-state index contributed by atoms with van der Waals surface area (Å²) in [5.41, 5.74) is 1.89. The van der Waals surface area contributed by atoms with Crippen LogP contribution in [0.3, 0.4) is 0 Å². The largest absolute Gasteiger partial charge is 0.302 e. The summed E-state index contributed by atoms with van der Waals surface area (Å²) in [5, 5.41) is 3.42. The van der Waals surface area contributed by atoms with E-state index in [4.69, 9.17) is 0 Å². The Labute approximate surface area is 115 Å². The van der Waals surface area contributed by atoms with Crippen molar-refractivity contribution in [2.75, 3.05) is 5.32 Å². The minimum atomic E-state index is -0.262. The molecule has 1 N–H and O–H groups in total. The number of benzene rings is 1. The van der Waals surface area contributed by atoms with Gasteiger partial charge in [0.15, 0.2) is 5.13 Å². The van der Waals surface area contributed by atoms with Gasteiger partial charge in [-0.15, -0.1) is 11.3 Å². The van der Waals surface area contributed by atoms with E-state index in [1.165, 1.54) is 23.5 Å². The van der Waals surface area contributed by atoms with Crippen molar-refractivity contribution in [3.8, 4) is 0 Å².